The standard InChI is InChI=1S/C18H25N3O2/c1-13(2)14-3-5-16(6-4-14)20-17(23)18(19-12-22)11-21-9-7-15(18)8-10-21/h3-6,12-13,15H,7-11H2,1-2H3,(H,19,22)(H,20,23)/t18-/m1/s1. The van der Waals surface area contributed by atoms with Crippen LogP contribution < -0.4 is 10.6 Å². The summed E-state index contributed by atoms with van der Waals surface area (Å²) in [6.07, 6.45) is 2.59. The summed E-state index contributed by atoms with van der Waals surface area (Å²) < 4.78 is 0. The van der Waals surface area contributed by atoms with E-state index in [2.05, 4.69) is 29.4 Å². The molecule has 0 saturated carbocycles. The van der Waals surface area contributed by atoms with Crippen LogP contribution in [-0.4, -0.2) is 42.4 Å². The molecule has 124 valence electrons. The highest BCUT2D eigenvalue weighted by Gasteiger charge is 2.51. The molecule has 3 aliphatic heterocycles. The Kier molecular flexibility index (Phi) is 4.39. The number of hydrogen-bond donors (Lipinski definition) is 2. The van der Waals surface area contributed by atoms with Gasteiger partial charge in [0.15, 0.2) is 0 Å². The number of carbonyl (C=O) groups is 2. The number of amides is 2. The summed E-state index contributed by atoms with van der Waals surface area (Å²) >= 11 is 0. The van der Waals surface area contributed by atoms with Crippen molar-refractivity contribution < 1.29 is 9.59 Å². The van der Waals surface area contributed by atoms with Gasteiger partial charge in [0.05, 0.1) is 0 Å². The first-order chi connectivity index (χ1) is 11.0. The van der Waals surface area contributed by atoms with Crippen molar-refractivity contribution in [3.8, 4) is 0 Å². The average Bonchev–Trinajstić information content (AvgIpc) is 2.56. The summed E-state index contributed by atoms with van der Waals surface area (Å²) in [5.41, 5.74) is 1.23. The molecule has 1 aromatic carbocycles. The lowest BCUT2D eigenvalue weighted by atomic mass is 9.72. The van der Waals surface area contributed by atoms with E-state index in [1.165, 1.54) is 5.56 Å². The van der Waals surface area contributed by atoms with Gasteiger partial charge in [-0.2, -0.15) is 0 Å². The van der Waals surface area contributed by atoms with Gasteiger partial charge >= 0.3 is 0 Å². The predicted octanol–water partition coefficient (Wildman–Crippen LogP) is 1.96. The van der Waals surface area contributed by atoms with E-state index in [1.807, 2.05) is 24.3 Å². The molecule has 0 spiro atoms. The van der Waals surface area contributed by atoms with Crippen molar-refractivity contribution in [2.45, 2.75) is 38.1 Å². The Morgan fingerprint density at radius 1 is 1.26 bits per heavy atom. The highest BCUT2D eigenvalue weighted by molar-refractivity contribution is 6.00. The third-order valence-corrected chi connectivity index (χ3v) is 5.31. The fourth-order valence-corrected chi connectivity index (χ4v) is 3.85. The van der Waals surface area contributed by atoms with E-state index in [9.17, 15) is 9.59 Å². The van der Waals surface area contributed by atoms with E-state index >= 15 is 0 Å². The van der Waals surface area contributed by atoms with Crippen LogP contribution in [0.2, 0.25) is 0 Å². The van der Waals surface area contributed by atoms with Gasteiger partial charge in [-0.25, -0.2) is 0 Å². The van der Waals surface area contributed by atoms with Crippen molar-refractivity contribution in [3.05, 3.63) is 29.8 Å². The van der Waals surface area contributed by atoms with Gasteiger partial charge in [-0.3, -0.25) is 9.59 Å². The number of hydrogen-bond acceptors (Lipinski definition) is 3. The van der Waals surface area contributed by atoms with Gasteiger partial charge in [0.25, 0.3) is 5.91 Å². The molecule has 5 heteroatoms. The summed E-state index contributed by atoms with van der Waals surface area (Å²) in [7, 11) is 0. The Morgan fingerprint density at radius 2 is 1.91 bits per heavy atom. The zero-order chi connectivity index (χ0) is 16.4. The lowest BCUT2D eigenvalue weighted by Crippen LogP contribution is -2.70. The smallest absolute Gasteiger partial charge is 0.251 e. The van der Waals surface area contributed by atoms with Crippen molar-refractivity contribution >= 4 is 18.0 Å². The van der Waals surface area contributed by atoms with Crippen molar-refractivity contribution in [1.82, 2.24) is 10.2 Å². The number of nitrogens with zero attached hydrogens (tertiary/aromatic N) is 1. The summed E-state index contributed by atoms with van der Waals surface area (Å²) in [6, 6.07) is 7.94. The molecule has 3 saturated heterocycles. The minimum absolute atomic E-state index is 0.101. The van der Waals surface area contributed by atoms with Crippen LogP contribution in [0.5, 0.6) is 0 Å². The van der Waals surface area contributed by atoms with Crippen LogP contribution >= 0.6 is 0 Å². The van der Waals surface area contributed by atoms with Gasteiger partial charge in [-0.1, -0.05) is 26.0 Å². The van der Waals surface area contributed by atoms with Crippen LogP contribution in [0, 0.1) is 5.92 Å². The first-order valence-electron chi connectivity index (χ1n) is 8.40. The Hall–Kier alpha value is -1.88. The number of anilines is 1. The maximum absolute atomic E-state index is 12.9. The number of benzene rings is 1. The maximum Gasteiger partial charge on any atom is 0.251 e. The first-order valence-corrected chi connectivity index (χ1v) is 8.40. The van der Waals surface area contributed by atoms with Gasteiger partial charge in [0, 0.05) is 12.2 Å². The average molecular weight is 315 g/mol. The molecule has 2 N–H and O–H groups in total. The van der Waals surface area contributed by atoms with Crippen molar-refractivity contribution in [3.63, 3.8) is 0 Å². The van der Waals surface area contributed by atoms with Crippen LogP contribution in [0.1, 0.15) is 38.2 Å². The largest absolute Gasteiger partial charge is 0.343 e. The number of carbonyl (C=O) groups excluding carboxylic acids is 2. The Labute approximate surface area is 137 Å². The summed E-state index contributed by atoms with van der Waals surface area (Å²) in [6.45, 7) is 6.92. The molecule has 0 aromatic heterocycles. The highest BCUT2D eigenvalue weighted by Crippen LogP contribution is 2.36. The second-order valence-electron chi connectivity index (χ2n) is 7.01. The molecule has 3 aliphatic rings. The van der Waals surface area contributed by atoms with E-state index in [1.54, 1.807) is 0 Å². The third-order valence-electron chi connectivity index (χ3n) is 5.31. The number of fused-ring (bicyclic) bond motifs is 3. The van der Waals surface area contributed by atoms with E-state index in [0.717, 1.165) is 31.6 Å². The molecule has 1 atom stereocenters. The molecule has 0 unspecified atom stereocenters. The van der Waals surface area contributed by atoms with Gasteiger partial charge in [-0.05, 0) is 55.5 Å². The lowest BCUT2D eigenvalue weighted by Gasteiger charge is -2.51. The molecule has 2 amide bonds. The van der Waals surface area contributed by atoms with Gasteiger partial charge in [0.1, 0.15) is 5.54 Å². The van der Waals surface area contributed by atoms with E-state index in [-0.39, 0.29) is 11.8 Å². The molecule has 5 nitrogen and oxygen atoms in total. The fourth-order valence-electron chi connectivity index (χ4n) is 3.85. The van der Waals surface area contributed by atoms with Crippen LogP contribution in [0.15, 0.2) is 24.3 Å². The van der Waals surface area contributed by atoms with Crippen LogP contribution in [0.25, 0.3) is 0 Å². The molecule has 4 rings (SSSR count). The maximum atomic E-state index is 12.9. The zero-order valence-electron chi connectivity index (χ0n) is 13.8. The second kappa shape index (κ2) is 6.32. The van der Waals surface area contributed by atoms with E-state index in [4.69, 9.17) is 0 Å². The first kappa shape index (κ1) is 16.0. The molecular weight excluding hydrogens is 290 g/mol. The SMILES string of the molecule is CC(C)c1ccc(NC(=O)[C@@]2(NC=O)CN3CCC2CC3)cc1. The molecule has 0 aliphatic carbocycles. The summed E-state index contributed by atoms with van der Waals surface area (Å²) in [4.78, 5) is 26.3. The summed E-state index contributed by atoms with van der Waals surface area (Å²) in [5, 5.41) is 5.85. The Morgan fingerprint density at radius 3 is 2.39 bits per heavy atom. The predicted molar refractivity (Wildman–Crippen MR) is 90.3 cm³/mol. The van der Waals surface area contributed by atoms with Gasteiger partial charge < -0.3 is 15.5 Å². The molecular formula is C18H25N3O2. The Balaban J connectivity index is 1.78. The molecule has 2 bridgehead atoms. The van der Waals surface area contributed by atoms with Crippen molar-refractivity contribution in [2.24, 2.45) is 5.92 Å². The Bertz CT molecular complexity index is 576. The molecule has 23 heavy (non-hydrogen) atoms. The molecule has 3 heterocycles. The zero-order valence-corrected chi connectivity index (χ0v) is 13.8. The van der Waals surface area contributed by atoms with Crippen LogP contribution in [0.3, 0.4) is 0 Å². The monoisotopic (exact) mass is 315 g/mol. The van der Waals surface area contributed by atoms with Crippen molar-refractivity contribution in [1.29, 1.82) is 0 Å². The second-order valence-corrected chi connectivity index (χ2v) is 7.01. The normalized spacial score (nSPS) is 29.3. The summed E-state index contributed by atoms with van der Waals surface area (Å²) in [5.74, 6) is 0.577. The number of nitrogens with one attached hydrogen (secondary N) is 2. The number of piperidine rings is 3. The van der Waals surface area contributed by atoms with Crippen molar-refractivity contribution in [2.75, 3.05) is 25.0 Å². The minimum Gasteiger partial charge on any atom is -0.343 e. The molecule has 0 radical (unpaired) electrons. The lowest BCUT2D eigenvalue weighted by molar-refractivity contribution is -0.134. The van der Waals surface area contributed by atoms with E-state index in [0.29, 0.717) is 18.9 Å². The highest BCUT2D eigenvalue weighted by atomic mass is 16.2. The molecule has 3 fully saturated rings. The fraction of sp³-hybridized carbons (Fsp3) is 0.556. The van der Waals surface area contributed by atoms with Gasteiger partial charge in [0.2, 0.25) is 6.41 Å². The van der Waals surface area contributed by atoms with Crippen LogP contribution in [0.4, 0.5) is 5.69 Å². The molecule has 1 aromatic rings. The van der Waals surface area contributed by atoms with E-state index < -0.39 is 5.54 Å². The van der Waals surface area contributed by atoms with Gasteiger partial charge in [-0.15, -0.1) is 0 Å². The third kappa shape index (κ3) is 2.98. The number of rotatable bonds is 5. The van der Waals surface area contributed by atoms with Crippen LogP contribution in [-0.2, 0) is 9.59 Å². The topological polar surface area (TPSA) is 61.4 Å². The quantitative estimate of drug-likeness (QED) is 0.817. The minimum atomic E-state index is -0.797.